The van der Waals surface area contributed by atoms with Gasteiger partial charge in [-0.2, -0.15) is 0 Å². The van der Waals surface area contributed by atoms with E-state index in [1.807, 2.05) is 19.1 Å². The highest BCUT2D eigenvalue weighted by atomic mass is 32.2. The number of carbonyl (C=O) groups excluding carboxylic acids is 1. The predicted octanol–water partition coefficient (Wildman–Crippen LogP) is 4.81. The molecule has 0 fully saturated rings. The summed E-state index contributed by atoms with van der Waals surface area (Å²) in [7, 11) is 1.67. The Morgan fingerprint density at radius 3 is 2.64 bits per heavy atom. The highest BCUT2D eigenvalue weighted by Crippen LogP contribution is 2.24. The molecule has 0 aliphatic carbocycles. The molecule has 3 nitrogen and oxygen atoms in total. The van der Waals surface area contributed by atoms with Crippen LogP contribution >= 0.6 is 11.8 Å². The highest BCUT2D eigenvalue weighted by molar-refractivity contribution is 7.99. The average molecular weight is 358 g/mol. The number of hydrogen-bond acceptors (Lipinski definition) is 3. The molecule has 0 aliphatic heterocycles. The molecule has 1 amide bonds. The number of benzene rings is 2. The first-order chi connectivity index (χ1) is 12.0. The topological polar surface area (TPSA) is 38.3 Å². The smallest absolute Gasteiger partial charge is 0.230 e. The lowest BCUT2D eigenvalue weighted by atomic mass is 10.0. The number of hydrogen-bond donors (Lipinski definition) is 1. The summed E-state index contributed by atoms with van der Waals surface area (Å²) in [5.41, 5.74) is 4.72. The molecule has 0 spiro atoms. The third-order valence-electron chi connectivity index (χ3n) is 4.15. The van der Waals surface area contributed by atoms with Gasteiger partial charge in [0, 0.05) is 5.75 Å². The number of amides is 1. The van der Waals surface area contributed by atoms with E-state index in [-0.39, 0.29) is 11.9 Å². The van der Waals surface area contributed by atoms with E-state index in [4.69, 9.17) is 4.74 Å². The van der Waals surface area contributed by atoms with Gasteiger partial charge < -0.3 is 10.1 Å². The zero-order valence-electron chi connectivity index (χ0n) is 15.5. The molecule has 1 unspecified atom stereocenters. The summed E-state index contributed by atoms with van der Waals surface area (Å²) in [5, 5.41) is 3.14. The Bertz CT molecular complexity index is 715. The van der Waals surface area contributed by atoms with Crippen molar-refractivity contribution in [1.82, 2.24) is 5.32 Å². The van der Waals surface area contributed by atoms with Gasteiger partial charge in [-0.05, 0) is 43.0 Å². The second kappa shape index (κ2) is 9.52. The van der Waals surface area contributed by atoms with Gasteiger partial charge in [0.15, 0.2) is 0 Å². The maximum absolute atomic E-state index is 12.3. The Hall–Kier alpha value is -1.94. The molecule has 2 rings (SSSR count). The molecule has 0 radical (unpaired) electrons. The molecule has 25 heavy (non-hydrogen) atoms. The number of thioether (sulfide) groups is 1. The van der Waals surface area contributed by atoms with Crippen molar-refractivity contribution in [3.05, 3.63) is 64.7 Å². The van der Waals surface area contributed by atoms with Crippen LogP contribution in [0.25, 0.3) is 0 Å². The van der Waals surface area contributed by atoms with E-state index in [2.05, 4.69) is 49.5 Å². The fourth-order valence-corrected chi connectivity index (χ4v) is 3.63. The van der Waals surface area contributed by atoms with E-state index in [0.717, 1.165) is 29.1 Å². The van der Waals surface area contributed by atoms with Crippen LogP contribution < -0.4 is 10.1 Å². The number of methoxy groups -OCH3 is 1. The molecule has 0 aromatic heterocycles. The second-order valence-electron chi connectivity index (χ2n) is 6.24. The molecule has 2 aromatic rings. The van der Waals surface area contributed by atoms with E-state index in [9.17, 15) is 4.79 Å². The number of nitrogens with one attached hydrogen (secondary N) is 1. The van der Waals surface area contributed by atoms with Crippen molar-refractivity contribution in [2.24, 2.45) is 0 Å². The van der Waals surface area contributed by atoms with E-state index >= 15 is 0 Å². The van der Waals surface area contributed by atoms with Crippen molar-refractivity contribution in [3.63, 3.8) is 0 Å². The minimum atomic E-state index is 0.0386. The minimum Gasteiger partial charge on any atom is -0.496 e. The van der Waals surface area contributed by atoms with Crippen LogP contribution in [-0.2, 0) is 10.5 Å². The monoisotopic (exact) mass is 357 g/mol. The van der Waals surface area contributed by atoms with Crippen LogP contribution in [0.1, 0.15) is 41.6 Å². The van der Waals surface area contributed by atoms with Crippen molar-refractivity contribution in [1.29, 1.82) is 0 Å². The zero-order valence-corrected chi connectivity index (χ0v) is 16.3. The van der Waals surface area contributed by atoms with Crippen LogP contribution in [0.2, 0.25) is 0 Å². The molecular weight excluding hydrogens is 330 g/mol. The molecule has 0 heterocycles. The third-order valence-corrected chi connectivity index (χ3v) is 5.15. The molecule has 2 aromatic carbocycles. The first kappa shape index (κ1) is 19.4. The zero-order chi connectivity index (χ0) is 18.2. The maximum Gasteiger partial charge on any atom is 0.230 e. The van der Waals surface area contributed by atoms with Gasteiger partial charge in [-0.1, -0.05) is 48.9 Å². The fraction of sp³-hybridized carbons (Fsp3) is 0.381. The molecule has 4 heteroatoms. The lowest BCUT2D eigenvalue weighted by Gasteiger charge is -2.19. The first-order valence-electron chi connectivity index (χ1n) is 8.60. The SMILES string of the molecule is CCC(NC(=O)CSCc1cccc(C)c1)c1ccc(OC)c(C)c1. The van der Waals surface area contributed by atoms with Crippen molar-refractivity contribution >= 4 is 17.7 Å². The van der Waals surface area contributed by atoms with Gasteiger partial charge in [-0.3, -0.25) is 4.79 Å². The summed E-state index contributed by atoms with van der Waals surface area (Å²) < 4.78 is 5.31. The van der Waals surface area contributed by atoms with Gasteiger partial charge in [0.25, 0.3) is 0 Å². The molecule has 0 saturated heterocycles. The lowest BCUT2D eigenvalue weighted by molar-refractivity contribution is -0.119. The average Bonchev–Trinajstić information content (AvgIpc) is 2.59. The largest absolute Gasteiger partial charge is 0.496 e. The summed E-state index contributed by atoms with van der Waals surface area (Å²) in [6.45, 7) is 6.20. The molecule has 0 aliphatic rings. The standard InChI is InChI=1S/C21H27NO2S/c1-5-19(18-9-10-20(24-4)16(3)12-18)22-21(23)14-25-13-17-8-6-7-15(2)11-17/h6-12,19H,5,13-14H2,1-4H3,(H,22,23). The Morgan fingerprint density at radius 2 is 2.00 bits per heavy atom. The van der Waals surface area contributed by atoms with Crippen LogP contribution in [0.5, 0.6) is 5.75 Å². The van der Waals surface area contributed by atoms with Crippen LogP contribution in [0.4, 0.5) is 0 Å². The van der Waals surface area contributed by atoms with Crippen LogP contribution in [0.3, 0.4) is 0 Å². The second-order valence-corrected chi connectivity index (χ2v) is 7.22. The van der Waals surface area contributed by atoms with Crippen molar-refractivity contribution in [2.45, 2.75) is 39.0 Å². The maximum atomic E-state index is 12.3. The van der Waals surface area contributed by atoms with Gasteiger partial charge >= 0.3 is 0 Å². The number of ether oxygens (including phenoxy) is 1. The first-order valence-corrected chi connectivity index (χ1v) is 9.76. The summed E-state index contributed by atoms with van der Waals surface area (Å²) >= 11 is 1.65. The summed E-state index contributed by atoms with van der Waals surface area (Å²) in [6.07, 6.45) is 0.861. The van der Waals surface area contributed by atoms with E-state index in [1.165, 1.54) is 11.1 Å². The van der Waals surface area contributed by atoms with Gasteiger partial charge in [0.05, 0.1) is 18.9 Å². The van der Waals surface area contributed by atoms with Crippen molar-refractivity contribution in [2.75, 3.05) is 12.9 Å². The lowest BCUT2D eigenvalue weighted by Crippen LogP contribution is -2.29. The van der Waals surface area contributed by atoms with Gasteiger partial charge in [0.2, 0.25) is 5.91 Å². The van der Waals surface area contributed by atoms with Crippen molar-refractivity contribution in [3.8, 4) is 5.75 Å². The van der Waals surface area contributed by atoms with E-state index in [1.54, 1.807) is 18.9 Å². The third kappa shape index (κ3) is 5.82. The number of aryl methyl sites for hydroxylation is 2. The molecule has 1 N–H and O–H groups in total. The Morgan fingerprint density at radius 1 is 1.20 bits per heavy atom. The number of carbonyl (C=O) groups is 1. The summed E-state index contributed by atoms with van der Waals surface area (Å²) in [4.78, 5) is 12.3. The minimum absolute atomic E-state index is 0.0386. The predicted molar refractivity (Wildman–Crippen MR) is 106 cm³/mol. The highest BCUT2D eigenvalue weighted by Gasteiger charge is 2.14. The van der Waals surface area contributed by atoms with Crippen LogP contribution in [0.15, 0.2) is 42.5 Å². The fourth-order valence-electron chi connectivity index (χ4n) is 2.84. The summed E-state index contributed by atoms with van der Waals surface area (Å²) in [6, 6.07) is 14.5. The quantitative estimate of drug-likeness (QED) is 0.736. The molecular formula is C21H27NO2S. The van der Waals surface area contributed by atoms with Gasteiger partial charge in [-0.15, -0.1) is 11.8 Å². The Balaban J connectivity index is 1.88. The Kier molecular flexibility index (Phi) is 7.38. The number of rotatable bonds is 8. The van der Waals surface area contributed by atoms with Gasteiger partial charge in [0.1, 0.15) is 5.75 Å². The summed E-state index contributed by atoms with van der Waals surface area (Å²) in [5.74, 6) is 2.28. The molecule has 0 bridgehead atoms. The van der Waals surface area contributed by atoms with Crippen molar-refractivity contribution < 1.29 is 9.53 Å². The molecule has 134 valence electrons. The van der Waals surface area contributed by atoms with Crippen LogP contribution in [-0.4, -0.2) is 18.8 Å². The van der Waals surface area contributed by atoms with E-state index < -0.39 is 0 Å². The van der Waals surface area contributed by atoms with E-state index in [0.29, 0.717) is 5.75 Å². The Labute approximate surface area is 155 Å². The normalized spacial score (nSPS) is 11.8. The van der Waals surface area contributed by atoms with Crippen LogP contribution in [0, 0.1) is 13.8 Å². The molecule has 0 saturated carbocycles. The molecule has 1 atom stereocenters. The van der Waals surface area contributed by atoms with Gasteiger partial charge in [-0.25, -0.2) is 0 Å².